The molecule has 0 aromatic carbocycles. The lowest BCUT2D eigenvalue weighted by Crippen LogP contribution is -2.09. The molecule has 0 aliphatic carbocycles. The molecule has 0 amide bonds. The lowest BCUT2D eigenvalue weighted by molar-refractivity contribution is -0.136. The van der Waals surface area contributed by atoms with Crippen LogP contribution in [0.2, 0.25) is 0 Å². The molecule has 4 heteroatoms. The van der Waals surface area contributed by atoms with Crippen LogP contribution in [-0.2, 0) is 9.53 Å². The van der Waals surface area contributed by atoms with Gasteiger partial charge in [0.2, 0.25) is 0 Å². The predicted molar refractivity (Wildman–Crippen MR) is 46.4 cm³/mol. The number of ether oxygens (including phenoxy) is 1. The summed E-state index contributed by atoms with van der Waals surface area (Å²) >= 11 is 0. The second-order valence-electron chi connectivity index (χ2n) is 2.01. The summed E-state index contributed by atoms with van der Waals surface area (Å²) < 4.78 is 4.49. The van der Waals surface area contributed by atoms with Crippen LogP contribution in [0.4, 0.5) is 0 Å². The van der Waals surface area contributed by atoms with E-state index in [0.29, 0.717) is 17.7 Å². The minimum atomic E-state index is -0.331. The van der Waals surface area contributed by atoms with Gasteiger partial charge in [0.15, 0.2) is 0 Å². The molecule has 0 radical (unpaired) electrons. The number of carbonyl (C=O) groups is 1. The molecular formula is C7H14ClNO2. The summed E-state index contributed by atoms with van der Waals surface area (Å²) in [5.41, 5.74) is 6.50. The lowest BCUT2D eigenvalue weighted by Gasteiger charge is -2.02. The molecule has 0 bridgehead atoms. The van der Waals surface area contributed by atoms with Crippen molar-refractivity contribution in [1.29, 1.82) is 0 Å². The Labute approximate surface area is 73.0 Å². The third-order valence-corrected chi connectivity index (χ3v) is 1.26. The zero-order valence-corrected chi connectivity index (χ0v) is 7.83. The average Bonchev–Trinajstić information content (AvgIpc) is 1.88. The first kappa shape index (κ1) is 12.9. The molecule has 66 valence electrons. The van der Waals surface area contributed by atoms with Crippen LogP contribution in [0.3, 0.4) is 0 Å². The van der Waals surface area contributed by atoms with Crippen molar-refractivity contribution < 1.29 is 9.53 Å². The molecule has 0 saturated heterocycles. The third kappa shape index (κ3) is 3.88. The van der Waals surface area contributed by atoms with Gasteiger partial charge in [-0.05, 0) is 13.3 Å². The number of halogens is 1. The second-order valence-corrected chi connectivity index (χ2v) is 2.01. The maximum atomic E-state index is 10.8. The number of allylic oxidation sites excluding steroid dienone is 1. The summed E-state index contributed by atoms with van der Waals surface area (Å²) in [4.78, 5) is 10.8. The van der Waals surface area contributed by atoms with Gasteiger partial charge in [0.1, 0.15) is 0 Å². The van der Waals surface area contributed by atoms with Gasteiger partial charge >= 0.3 is 5.97 Å². The van der Waals surface area contributed by atoms with Crippen molar-refractivity contribution in [3.8, 4) is 0 Å². The largest absolute Gasteiger partial charge is 0.466 e. The van der Waals surface area contributed by atoms with Crippen LogP contribution in [0.1, 0.15) is 20.3 Å². The Balaban J connectivity index is 0. The van der Waals surface area contributed by atoms with Crippen molar-refractivity contribution in [2.45, 2.75) is 20.3 Å². The minimum Gasteiger partial charge on any atom is -0.466 e. The van der Waals surface area contributed by atoms with E-state index in [1.54, 1.807) is 6.92 Å². The van der Waals surface area contributed by atoms with E-state index in [1.165, 1.54) is 7.11 Å². The van der Waals surface area contributed by atoms with Gasteiger partial charge < -0.3 is 10.5 Å². The van der Waals surface area contributed by atoms with Crippen LogP contribution in [0, 0.1) is 0 Å². The van der Waals surface area contributed by atoms with Gasteiger partial charge in [-0.2, -0.15) is 0 Å². The molecule has 0 heterocycles. The van der Waals surface area contributed by atoms with Crippen molar-refractivity contribution in [2.75, 3.05) is 7.11 Å². The van der Waals surface area contributed by atoms with E-state index >= 15 is 0 Å². The quantitative estimate of drug-likeness (QED) is 0.513. The third-order valence-electron chi connectivity index (χ3n) is 1.26. The Bertz CT molecular complexity index is 162. The van der Waals surface area contributed by atoms with E-state index in [0.717, 1.165) is 0 Å². The van der Waals surface area contributed by atoms with Crippen molar-refractivity contribution in [2.24, 2.45) is 5.73 Å². The molecule has 0 aromatic heterocycles. The van der Waals surface area contributed by atoms with Crippen LogP contribution < -0.4 is 5.73 Å². The summed E-state index contributed by atoms with van der Waals surface area (Å²) in [5, 5.41) is 0. The molecule has 0 aliphatic heterocycles. The highest BCUT2D eigenvalue weighted by molar-refractivity contribution is 5.88. The summed E-state index contributed by atoms with van der Waals surface area (Å²) in [6.45, 7) is 3.55. The van der Waals surface area contributed by atoms with Crippen LogP contribution in [0.15, 0.2) is 11.3 Å². The van der Waals surface area contributed by atoms with Crippen molar-refractivity contribution in [1.82, 2.24) is 0 Å². The van der Waals surface area contributed by atoms with E-state index in [2.05, 4.69) is 4.74 Å². The Morgan fingerprint density at radius 2 is 2.00 bits per heavy atom. The van der Waals surface area contributed by atoms with E-state index in [9.17, 15) is 4.79 Å². The summed E-state index contributed by atoms with van der Waals surface area (Å²) in [5.74, 6) is -0.331. The number of hydrogen-bond acceptors (Lipinski definition) is 3. The van der Waals surface area contributed by atoms with Crippen LogP contribution >= 0.6 is 12.4 Å². The molecule has 0 aliphatic rings. The number of methoxy groups -OCH3 is 1. The van der Waals surface area contributed by atoms with Gasteiger partial charge in [0.05, 0.1) is 12.7 Å². The Morgan fingerprint density at radius 1 is 1.55 bits per heavy atom. The second kappa shape index (κ2) is 6.04. The van der Waals surface area contributed by atoms with Gasteiger partial charge in [-0.15, -0.1) is 12.4 Å². The monoisotopic (exact) mass is 179 g/mol. The van der Waals surface area contributed by atoms with Gasteiger partial charge in [-0.1, -0.05) is 6.92 Å². The number of rotatable bonds is 2. The van der Waals surface area contributed by atoms with Crippen LogP contribution in [-0.4, -0.2) is 13.1 Å². The normalized spacial score (nSPS) is 11.2. The molecule has 0 rings (SSSR count). The highest BCUT2D eigenvalue weighted by Gasteiger charge is 2.07. The fourth-order valence-electron chi connectivity index (χ4n) is 0.707. The standard InChI is InChI=1S/C7H13NO2.ClH/c1-4-6(5(2)8)7(9)10-3;/h4,8H2,1-3H3;1H. The maximum Gasteiger partial charge on any atom is 0.335 e. The fourth-order valence-corrected chi connectivity index (χ4v) is 0.707. The molecule has 3 nitrogen and oxygen atoms in total. The SMILES string of the molecule is CCC(C(=O)OC)=C(C)N.Cl. The minimum absolute atomic E-state index is 0. The van der Waals surface area contributed by atoms with E-state index < -0.39 is 0 Å². The smallest absolute Gasteiger partial charge is 0.335 e. The molecule has 11 heavy (non-hydrogen) atoms. The summed E-state index contributed by atoms with van der Waals surface area (Å²) in [7, 11) is 1.35. The number of hydrogen-bond donors (Lipinski definition) is 1. The highest BCUT2D eigenvalue weighted by atomic mass is 35.5. The molecule has 0 unspecified atom stereocenters. The molecule has 0 aromatic rings. The van der Waals surface area contributed by atoms with E-state index in [-0.39, 0.29) is 18.4 Å². The van der Waals surface area contributed by atoms with Crippen molar-refractivity contribution in [3.63, 3.8) is 0 Å². The number of esters is 1. The van der Waals surface area contributed by atoms with E-state index in [4.69, 9.17) is 5.73 Å². The van der Waals surface area contributed by atoms with Gasteiger partial charge in [-0.25, -0.2) is 4.79 Å². The molecule has 0 fully saturated rings. The van der Waals surface area contributed by atoms with Gasteiger partial charge in [0, 0.05) is 5.70 Å². The molecular weight excluding hydrogens is 166 g/mol. The maximum absolute atomic E-state index is 10.8. The first-order chi connectivity index (χ1) is 4.63. The van der Waals surface area contributed by atoms with Gasteiger partial charge in [0.25, 0.3) is 0 Å². The first-order valence-electron chi connectivity index (χ1n) is 3.17. The Hall–Kier alpha value is -0.700. The molecule has 2 N–H and O–H groups in total. The van der Waals surface area contributed by atoms with E-state index in [1.807, 2.05) is 6.92 Å². The van der Waals surface area contributed by atoms with Crippen LogP contribution in [0.5, 0.6) is 0 Å². The number of carbonyl (C=O) groups excluding carboxylic acids is 1. The zero-order chi connectivity index (χ0) is 8.15. The zero-order valence-electron chi connectivity index (χ0n) is 7.01. The molecule has 0 saturated carbocycles. The Kier molecular flexibility index (Phi) is 7.10. The topological polar surface area (TPSA) is 52.3 Å². The summed E-state index contributed by atoms with van der Waals surface area (Å²) in [6, 6.07) is 0. The summed E-state index contributed by atoms with van der Waals surface area (Å²) in [6.07, 6.45) is 0.620. The fraction of sp³-hybridized carbons (Fsp3) is 0.571. The van der Waals surface area contributed by atoms with Gasteiger partial charge in [-0.3, -0.25) is 0 Å². The number of nitrogens with two attached hydrogens (primary N) is 1. The van der Waals surface area contributed by atoms with Crippen molar-refractivity contribution in [3.05, 3.63) is 11.3 Å². The first-order valence-corrected chi connectivity index (χ1v) is 3.17. The lowest BCUT2D eigenvalue weighted by atomic mass is 10.2. The molecule has 0 spiro atoms. The predicted octanol–water partition coefficient (Wildman–Crippen LogP) is 1.22. The van der Waals surface area contributed by atoms with Crippen molar-refractivity contribution >= 4 is 18.4 Å². The average molecular weight is 180 g/mol. The molecule has 0 atom stereocenters. The van der Waals surface area contributed by atoms with Crippen LogP contribution in [0.25, 0.3) is 0 Å². The Morgan fingerprint density at radius 3 is 2.09 bits per heavy atom. The highest BCUT2D eigenvalue weighted by Crippen LogP contribution is 2.05.